The normalized spacial score (nSPS) is 10.7. The summed E-state index contributed by atoms with van der Waals surface area (Å²) in [7, 11) is 0. The molecule has 2 aromatic rings. The zero-order valence-corrected chi connectivity index (χ0v) is 12.0. The van der Waals surface area contributed by atoms with Gasteiger partial charge in [-0.1, -0.05) is 6.07 Å². The molecule has 100 valence electrons. The summed E-state index contributed by atoms with van der Waals surface area (Å²) in [6.45, 7) is 8.80. The van der Waals surface area contributed by atoms with Crippen LogP contribution in [0.15, 0.2) is 24.8 Å². The Morgan fingerprint density at radius 3 is 2.32 bits per heavy atom. The van der Waals surface area contributed by atoms with Crippen molar-refractivity contribution in [1.29, 1.82) is 0 Å². The summed E-state index contributed by atoms with van der Waals surface area (Å²) in [5.41, 5.74) is 6.17. The zero-order chi connectivity index (χ0) is 14.0. The Morgan fingerprint density at radius 2 is 1.79 bits per heavy atom. The van der Waals surface area contributed by atoms with Crippen molar-refractivity contribution < 1.29 is 4.79 Å². The van der Waals surface area contributed by atoms with Crippen LogP contribution in [0, 0.1) is 27.7 Å². The van der Waals surface area contributed by atoms with Crippen molar-refractivity contribution in [1.82, 2.24) is 9.55 Å². The molecule has 0 aliphatic carbocycles. The van der Waals surface area contributed by atoms with Crippen LogP contribution in [0.2, 0.25) is 0 Å². The van der Waals surface area contributed by atoms with Crippen LogP contribution in [0.4, 0.5) is 0 Å². The van der Waals surface area contributed by atoms with Crippen LogP contribution in [0.25, 0.3) is 0 Å². The molecule has 0 radical (unpaired) electrons. The average molecular weight is 256 g/mol. The Balaban J connectivity index is 2.21. The SMILES string of the molecule is Cc1cc(C)c(C)c(CC(=O)Cn2ccnc2)c1C. The van der Waals surface area contributed by atoms with Gasteiger partial charge in [-0.2, -0.15) is 0 Å². The van der Waals surface area contributed by atoms with Crippen molar-refractivity contribution in [2.45, 2.75) is 40.7 Å². The van der Waals surface area contributed by atoms with E-state index in [4.69, 9.17) is 0 Å². The van der Waals surface area contributed by atoms with Crippen LogP contribution >= 0.6 is 0 Å². The van der Waals surface area contributed by atoms with E-state index in [-0.39, 0.29) is 5.78 Å². The van der Waals surface area contributed by atoms with E-state index >= 15 is 0 Å². The zero-order valence-electron chi connectivity index (χ0n) is 12.0. The van der Waals surface area contributed by atoms with Crippen LogP contribution in [-0.4, -0.2) is 15.3 Å². The van der Waals surface area contributed by atoms with Gasteiger partial charge < -0.3 is 4.57 Å². The minimum Gasteiger partial charge on any atom is -0.330 e. The van der Waals surface area contributed by atoms with E-state index in [2.05, 4.69) is 38.7 Å². The van der Waals surface area contributed by atoms with Crippen LogP contribution in [0.3, 0.4) is 0 Å². The third kappa shape index (κ3) is 2.92. The number of carbonyl (C=O) groups excluding carboxylic acids is 1. The van der Waals surface area contributed by atoms with E-state index < -0.39 is 0 Å². The van der Waals surface area contributed by atoms with Crippen molar-refractivity contribution in [3.05, 3.63) is 52.6 Å². The fourth-order valence-corrected chi connectivity index (χ4v) is 2.40. The number of carbonyl (C=O) groups is 1. The number of hydrogen-bond acceptors (Lipinski definition) is 2. The van der Waals surface area contributed by atoms with E-state index in [1.165, 1.54) is 27.8 Å². The second-order valence-electron chi connectivity index (χ2n) is 5.19. The van der Waals surface area contributed by atoms with Crippen molar-refractivity contribution >= 4 is 5.78 Å². The molecule has 0 N–H and O–H groups in total. The van der Waals surface area contributed by atoms with Gasteiger partial charge in [0.2, 0.25) is 0 Å². The van der Waals surface area contributed by atoms with E-state index in [0.717, 1.165) is 0 Å². The molecule has 3 nitrogen and oxygen atoms in total. The molecule has 0 fully saturated rings. The Kier molecular flexibility index (Phi) is 3.84. The first-order valence-electron chi connectivity index (χ1n) is 6.52. The van der Waals surface area contributed by atoms with E-state index in [1.54, 1.807) is 12.5 Å². The van der Waals surface area contributed by atoms with Crippen molar-refractivity contribution in [3.8, 4) is 0 Å². The highest BCUT2D eigenvalue weighted by Crippen LogP contribution is 2.22. The van der Waals surface area contributed by atoms with Crippen molar-refractivity contribution in [2.75, 3.05) is 0 Å². The van der Waals surface area contributed by atoms with Gasteiger partial charge in [0, 0.05) is 18.8 Å². The molecular formula is C16H20N2O. The third-order valence-electron chi connectivity index (χ3n) is 3.81. The summed E-state index contributed by atoms with van der Waals surface area (Å²) in [6.07, 6.45) is 5.69. The second kappa shape index (κ2) is 5.39. The van der Waals surface area contributed by atoms with E-state index in [0.29, 0.717) is 13.0 Å². The Labute approximate surface area is 114 Å². The lowest BCUT2D eigenvalue weighted by molar-refractivity contribution is -0.119. The van der Waals surface area contributed by atoms with Gasteiger partial charge in [-0.3, -0.25) is 4.79 Å². The molecule has 0 atom stereocenters. The summed E-state index contributed by atoms with van der Waals surface area (Å²) in [5, 5.41) is 0. The summed E-state index contributed by atoms with van der Waals surface area (Å²) < 4.78 is 1.82. The predicted molar refractivity (Wildman–Crippen MR) is 76.3 cm³/mol. The number of nitrogens with zero attached hydrogens (tertiary/aromatic N) is 2. The summed E-state index contributed by atoms with van der Waals surface area (Å²) >= 11 is 0. The van der Waals surface area contributed by atoms with Crippen LogP contribution in [0.5, 0.6) is 0 Å². The van der Waals surface area contributed by atoms with Gasteiger partial charge in [-0.25, -0.2) is 4.98 Å². The van der Waals surface area contributed by atoms with Crippen LogP contribution in [0.1, 0.15) is 27.8 Å². The lowest BCUT2D eigenvalue weighted by atomic mass is 9.91. The molecule has 1 aromatic carbocycles. The first-order chi connectivity index (χ1) is 8.99. The number of aryl methyl sites for hydroxylation is 2. The number of Topliss-reactive ketones (excluding diaryl/α,β-unsaturated/α-hetero) is 1. The summed E-state index contributed by atoms with van der Waals surface area (Å²) in [6, 6.07) is 2.19. The number of ketones is 1. The first kappa shape index (κ1) is 13.5. The molecule has 0 bridgehead atoms. The maximum atomic E-state index is 12.2. The molecule has 0 aliphatic rings. The lowest BCUT2D eigenvalue weighted by Gasteiger charge is -2.14. The maximum Gasteiger partial charge on any atom is 0.156 e. The van der Waals surface area contributed by atoms with Crippen molar-refractivity contribution in [2.24, 2.45) is 0 Å². The maximum absolute atomic E-state index is 12.2. The van der Waals surface area contributed by atoms with Gasteiger partial charge in [0.25, 0.3) is 0 Å². The fourth-order valence-electron chi connectivity index (χ4n) is 2.40. The highest BCUT2D eigenvalue weighted by molar-refractivity contribution is 5.81. The van der Waals surface area contributed by atoms with E-state index in [1.807, 2.05) is 10.8 Å². The van der Waals surface area contributed by atoms with Crippen LogP contribution in [-0.2, 0) is 17.8 Å². The molecule has 2 rings (SSSR count). The molecule has 0 saturated heterocycles. The highest BCUT2D eigenvalue weighted by Gasteiger charge is 2.12. The molecule has 1 aromatic heterocycles. The van der Waals surface area contributed by atoms with Gasteiger partial charge in [-0.05, 0) is 55.5 Å². The minimum absolute atomic E-state index is 0.217. The molecule has 0 spiro atoms. The van der Waals surface area contributed by atoms with Gasteiger partial charge in [0.1, 0.15) is 0 Å². The molecule has 0 saturated carbocycles. The fraction of sp³-hybridized carbons (Fsp3) is 0.375. The number of benzene rings is 1. The standard InChI is InChI=1S/C16H20N2O/c1-11-7-12(2)14(4)16(13(11)3)8-15(19)9-18-6-5-17-10-18/h5-7,10H,8-9H2,1-4H3. The van der Waals surface area contributed by atoms with Gasteiger partial charge >= 0.3 is 0 Å². The Morgan fingerprint density at radius 1 is 1.16 bits per heavy atom. The number of aromatic nitrogens is 2. The second-order valence-corrected chi connectivity index (χ2v) is 5.19. The number of imidazole rings is 1. The first-order valence-corrected chi connectivity index (χ1v) is 6.52. The Hall–Kier alpha value is -1.90. The van der Waals surface area contributed by atoms with Gasteiger partial charge in [0.05, 0.1) is 12.9 Å². The smallest absolute Gasteiger partial charge is 0.156 e. The summed E-state index contributed by atoms with van der Waals surface area (Å²) in [4.78, 5) is 16.1. The number of rotatable bonds is 4. The Bertz CT molecular complexity index is 571. The summed E-state index contributed by atoms with van der Waals surface area (Å²) in [5.74, 6) is 0.217. The molecule has 0 amide bonds. The highest BCUT2D eigenvalue weighted by atomic mass is 16.1. The largest absolute Gasteiger partial charge is 0.330 e. The molecule has 0 aliphatic heterocycles. The molecule has 0 unspecified atom stereocenters. The molecular weight excluding hydrogens is 236 g/mol. The molecule has 1 heterocycles. The van der Waals surface area contributed by atoms with Crippen molar-refractivity contribution in [3.63, 3.8) is 0 Å². The third-order valence-corrected chi connectivity index (χ3v) is 3.81. The molecule has 19 heavy (non-hydrogen) atoms. The van der Waals surface area contributed by atoms with E-state index in [9.17, 15) is 4.79 Å². The van der Waals surface area contributed by atoms with Gasteiger partial charge in [-0.15, -0.1) is 0 Å². The lowest BCUT2D eigenvalue weighted by Crippen LogP contribution is -2.13. The van der Waals surface area contributed by atoms with Crippen LogP contribution < -0.4 is 0 Å². The predicted octanol–water partition coefficient (Wildman–Crippen LogP) is 2.93. The number of hydrogen-bond donors (Lipinski definition) is 0. The van der Waals surface area contributed by atoms with Gasteiger partial charge in [0.15, 0.2) is 5.78 Å². The molecule has 3 heteroatoms. The monoisotopic (exact) mass is 256 g/mol. The average Bonchev–Trinajstić information content (AvgIpc) is 2.85. The topological polar surface area (TPSA) is 34.9 Å². The quantitative estimate of drug-likeness (QED) is 0.843. The minimum atomic E-state index is 0.217.